The molecule has 170 valence electrons. The van der Waals surface area contributed by atoms with E-state index in [0.717, 1.165) is 29.2 Å². The van der Waals surface area contributed by atoms with Crippen molar-refractivity contribution in [3.63, 3.8) is 0 Å². The van der Waals surface area contributed by atoms with Gasteiger partial charge in [0.25, 0.3) is 0 Å². The minimum absolute atomic E-state index is 0.00811. The van der Waals surface area contributed by atoms with Gasteiger partial charge >= 0.3 is 12.3 Å². The van der Waals surface area contributed by atoms with Gasteiger partial charge < -0.3 is 14.4 Å². The number of rotatable bonds is 4. The third-order valence-corrected chi connectivity index (χ3v) is 5.52. The average molecular weight is 449 g/mol. The molecule has 0 radical (unpaired) electrons. The molecule has 1 saturated heterocycles. The summed E-state index contributed by atoms with van der Waals surface area (Å²) in [5.74, 6) is 0.737. The molecule has 2 aromatic carbocycles. The zero-order valence-corrected chi connectivity index (χ0v) is 17.3. The van der Waals surface area contributed by atoms with E-state index in [0.29, 0.717) is 32.4 Å². The van der Waals surface area contributed by atoms with Crippen LogP contribution in [0, 0.1) is 0 Å². The third kappa shape index (κ3) is 4.96. The van der Waals surface area contributed by atoms with Gasteiger partial charge in [-0.05, 0) is 30.3 Å². The highest BCUT2D eigenvalue weighted by Crippen LogP contribution is 2.36. The molecule has 2 aliphatic heterocycles. The van der Waals surface area contributed by atoms with Gasteiger partial charge in [0, 0.05) is 43.6 Å². The summed E-state index contributed by atoms with van der Waals surface area (Å²) in [6.07, 6.45) is -3.54. The smallest absolute Gasteiger partial charge is 0.430 e. The van der Waals surface area contributed by atoms with E-state index in [1.165, 1.54) is 17.2 Å². The van der Waals surface area contributed by atoms with Crippen molar-refractivity contribution in [3.05, 3.63) is 59.7 Å². The molecule has 2 aromatic rings. The van der Waals surface area contributed by atoms with E-state index in [1.54, 1.807) is 7.11 Å². The number of carbonyl (C=O) groups is 1. The Hall–Kier alpha value is -3.27. The summed E-state index contributed by atoms with van der Waals surface area (Å²) in [5, 5.41) is 8.07. The second-order valence-electron chi connectivity index (χ2n) is 7.73. The molecule has 1 N–H and O–H groups in total. The number of piperidine rings is 1. The van der Waals surface area contributed by atoms with Crippen molar-refractivity contribution in [2.75, 3.05) is 25.5 Å². The van der Waals surface area contributed by atoms with E-state index in [1.807, 2.05) is 24.3 Å². The van der Waals surface area contributed by atoms with Crippen LogP contribution in [0.5, 0.6) is 5.75 Å². The average Bonchev–Trinajstić information content (AvgIpc) is 3.19. The molecule has 0 bridgehead atoms. The Balaban J connectivity index is 1.29. The molecule has 0 aromatic heterocycles. The second-order valence-corrected chi connectivity index (χ2v) is 7.73. The molecular weight excluding hydrogens is 427 g/mol. The lowest BCUT2D eigenvalue weighted by Crippen LogP contribution is -2.45. The maximum atomic E-state index is 12.8. The number of hydrogen-bond donors (Lipinski definition) is 1. The summed E-state index contributed by atoms with van der Waals surface area (Å²) >= 11 is 0. The molecular formula is C22H22F3N3O4. The van der Waals surface area contributed by atoms with Gasteiger partial charge in [-0.3, -0.25) is 5.32 Å². The molecule has 0 atom stereocenters. The van der Waals surface area contributed by atoms with Gasteiger partial charge in [0.2, 0.25) is 0 Å². The predicted octanol–water partition coefficient (Wildman–Crippen LogP) is 4.84. The number of methoxy groups -OCH3 is 1. The second kappa shape index (κ2) is 8.70. The fourth-order valence-electron chi connectivity index (χ4n) is 3.76. The first-order chi connectivity index (χ1) is 15.3. The highest BCUT2D eigenvalue weighted by Gasteiger charge is 2.43. The number of nitrogens with one attached hydrogen (secondary N) is 1. The van der Waals surface area contributed by atoms with Crippen LogP contribution in [0.15, 0.2) is 53.7 Å². The predicted molar refractivity (Wildman–Crippen MR) is 110 cm³/mol. The van der Waals surface area contributed by atoms with E-state index < -0.39 is 23.4 Å². The SMILES string of the molecule is COc1cccc(C2=NOC3(CCN(OC(=O)Nc4cccc(C(F)(F)F)c4)CC3)C2)c1. The number of alkyl halides is 3. The Morgan fingerprint density at radius 3 is 2.62 bits per heavy atom. The first-order valence-electron chi connectivity index (χ1n) is 10.1. The normalized spacial score (nSPS) is 18.1. The van der Waals surface area contributed by atoms with Crippen LogP contribution >= 0.6 is 0 Å². The van der Waals surface area contributed by atoms with Crippen molar-refractivity contribution >= 4 is 17.5 Å². The first kappa shape index (κ1) is 21.9. The molecule has 0 unspecified atom stereocenters. The van der Waals surface area contributed by atoms with Gasteiger partial charge in [0.05, 0.1) is 18.4 Å². The van der Waals surface area contributed by atoms with Crippen LogP contribution in [0.25, 0.3) is 0 Å². The molecule has 2 aliphatic rings. The van der Waals surface area contributed by atoms with Crippen LogP contribution in [0.1, 0.15) is 30.4 Å². The number of benzene rings is 2. The van der Waals surface area contributed by atoms with E-state index in [9.17, 15) is 18.0 Å². The molecule has 32 heavy (non-hydrogen) atoms. The van der Waals surface area contributed by atoms with E-state index in [4.69, 9.17) is 14.4 Å². The third-order valence-electron chi connectivity index (χ3n) is 5.52. The Bertz CT molecular complexity index is 1020. The van der Waals surface area contributed by atoms with Crippen LogP contribution in [0.2, 0.25) is 0 Å². The van der Waals surface area contributed by atoms with Crippen molar-refractivity contribution in [1.29, 1.82) is 0 Å². The highest BCUT2D eigenvalue weighted by molar-refractivity contribution is 6.02. The zero-order chi connectivity index (χ0) is 22.8. The van der Waals surface area contributed by atoms with Crippen LogP contribution in [-0.2, 0) is 15.9 Å². The summed E-state index contributed by atoms with van der Waals surface area (Å²) in [4.78, 5) is 23.2. The molecule has 4 rings (SSSR count). The minimum atomic E-state index is -4.49. The summed E-state index contributed by atoms with van der Waals surface area (Å²) in [5.41, 5.74) is 0.464. The van der Waals surface area contributed by atoms with Crippen molar-refractivity contribution in [1.82, 2.24) is 5.06 Å². The van der Waals surface area contributed by atoms with Gasteiger partial charge in [-0.1, -0.05) is 23.4 Å². The molecule has 10 heteroatoms. The minimum Gasteiger partial charge on any atom is -0.497 e. The van der Waals surface area contributed by atoms with Gasteiger partial charge in [0.15, 0.2) is 0 Å². The number of halogens is 3. The maximum absolute atomic E-state index is 12.8. The fourth-order valence-corrected chi connectivity index (χ4v) is 3.76. The fraction of sp³-hybridized carbons (Fsp3) is 0.364. The van der Waals surface area contributed by atoms with Crippen molar-refractivity contribution in [3.8, 4) is 5.75 Å². The van der Waals surface area contributed by atoms with Crippen LogP contribution in [0.3, 0.4) is 0 Å². The number of anilines is 1. The molecule has 0 aliphatic carbocycles. The lowest BCUT2D eigenvalue weighted by Gasteiger charge is -2.35. The number of nitrogens with zero attached hydrogens (tertiary/aromatic N) is 2. The number of oxime groups is 1. The van der Waals surface area contributed by atoms with Crippen LogP contribution in [-0.4, -0.2) is 42.7 Å². The van der Waals surface area contributed by atoms with Gasteiger partial charge in [0.1, 0.15) is 11.4 Å². The quantitative estimate of drug-likeness (QED) is 0.724. The largest absolute Gasteiger partial charge is 0.497 e. The highest BCUT2D eigenvalue weighted by atomic mass is 19.4. The molecule has 7 nitrogen and oxygen atoms in total. The Morgan fingerprint density at radius 1 is 1.16 bits per heavy atom. The number of carbonyl (C=O) groups excluding carboxylic acids is 1. The summed E-state index contributed by atoms with van der Waals surface area (Å²) < 4.78 is 43.7. The zero-order valence-electron chi connectivity index (χ0n) is 17.3. The topological polar surface area (TPSA) is 72.4 Å². The molecule has 1 amide bonds. The van der Waals surface area contributed by atoms with Crippen LogP contribution < -0.4 is 10.1 Å². The Labute approximate surface area is 182 Å². The standard InChI is InChI=1S/C22H22F3N3O4/c1-30-18-7-2-4-15(12-18)19-14-21(32-27-19)8-10-28(11-9-21)31-20(29)26-17-6-3-5-16(13-17)22(23,24)25/h2-7,12-13H,8-11,14H2,1H3,(H,26,29). The van der Waals surface area contributed by atoms with Crippen molar-refractivity contribution in [2.45, 2.75) is 31.0 Å². The molecule has 1 fully saturated rings. The molecule has 1 spiro atoms. The van der Waals surface area contributed by atoms with Crippen LogP contribution in [0.4, 0.5) is 23.7 Å². The number of hydroxylamine groups is 2. The summed E-state index contributed by atoms with van der Waals surface area (Å²) in [7, 11) is 1.60. The first-order valence-corrected chi connectivity index (χ1v) is 10.1. The Kier molecular flexibility index (Phi) is 5.96. The summed E-state index contributed by atoms with van der Waals surface area (Å²) in [6, 6.07) is 12.0. The van der Waals surface area contributed by atoms with Crippen molar-refractivity contribution < 1.29 is 32.4 Å². The lowest BCUT2D eigenvalue weighted by molar-refractivity contribution is -0.154. The van der Waals surface area contributed by atoms with E-state index in [-0.39, 0.29) is 5.69 Å². The maximum Gasteiger partial charge on any atom is 0.430 e. The van der Waals surface area contributed by atoms with Gasteiger partial charge in [-0.25, -0.2) is 4.79 Å². The van der Waals surface area contributed by atoms with E-state index >= 15 is 0 Å². The van der Waals surface area contributed by atoms with Gasteiger partial charge in [-0.15, -0.1) is 5.06 Å². The Morgan fingerprint density at radius 2 is 1.91 bits per heavy atom. The van der Waals surface area contributed by atoms with E-state index in [2.05, 4.69) is 10.5 Å². The number of hydrogen-bond acceptors (Lipinski definition) is 6. The molecule has 0 saturated carbocycles. The number of ether oxygens (including phenoxy) is 1. The molecule has 2 heterocycles. The number of amides is 1. The monoisotopic (exact) mass is 449 g/mol. The summed E-state index contributed by atoms with van der Waals surface area (Å²) in [6.45, 7) is 0.827. The van der Waals surface area contributed by atoms with Crippen molar-refractivity contribution in [2.24, 2.45) is 5.16 Å². The lowest BCUT2D eigenvalue weighted by atomic mass is 9.86. The van der Waals surface area contributed by atoms with Gasteiger partial charge in [-0.2, -0.15) is 13.2 Å².